The summed E-state index contributed by atoms with van der Waals surface area (Å²) in [5.74, 6) is 0. The van der Waals surface area contributed by atoms with Crippen molar-refractivity contribution in [2.45, 2.75) is 59.6 Å². The molecule has 19 heavy (non-hydrogen) atoms. The quantitative estimate of drug-likeness (QED) is 0.896. The van der Waals surface area contributed by atoms with Gasteiger partial charge in [0, 0.05) is 6.54 Å². The Morgan fingerprint density at radius 1 is 1.05 bits per heavy atom. The number of hydrogen-bond donors (Lipinski definition) is 1. The van der Waals surface area contributed by atoms with Gasteiger partial charge in [0.15, 0.2) is 0 Å². The molecule has 0 aliphatic heterocycles. The molecule has 1 N–H and O–H groups in total. The minimum Gasteiger partial charge on any atom is -0.444 e. The zero-order valence-electron chi connectivity index (χ0n) is 12.7. The number of benzene rings is 1. The zero-order chi connectivity index (χ0) is 14.5. The van der Waals surface area contributed by atoms with Crippen molar-refractivity contribution >= 4 is 6.09 Å². The van der Waals surface area contributed by atoms with Crippen molar-refractivity contribution in [1.29, 1.82) is 0 Å². The maximum Gasteiger partial charge on any atom is 0.407 e. The first-order valence-corrected chi connectivity index (χ1v) is 6.92. The second-order valence-corrected chi connectivity index (χ2v) is 5.72. The van der Waals surface area contributed by atoms with Gasteiger partial charge in [-0.25, -0.2) is 4.79 Å². The van der Waals surface area contributed by atoms with Crippen LogP contribution in [0.1, 0.15) is 51.3 Å². The lowest BCUT2D eigenvalue weighted by molar-refractivity contribution is 0.0523. The number of carbonyl (C=O) groups is 1. The lowest BCUT2D eigenvalue weighted by atomic mass is 10.0. The van der Waals surface area contributed by atoms with Crippen LogP contribution in [-0.4, -0.2) is 11.7 Å². The van der Waals surface area contributed by atoms with Crippen LogP contribution >= 0.6 is 0 Å². The summed E-state index contributed by atoms with van der Waals surface area (Å²) in [6, 6.07) is 6.49. The SMILES string of the molecule is CCc1cc(CC)cc(CNC(=O)OC(C)(C)C)c1. The van der Waals surface area contributed by atoms with Crippen molar-refractivity contribution in [3.63, 3.8) is 0 Å². The second kappa shape index (κ2) is 6.60. The van der Waals surface area contributed by atoms with Crippen LogP contribution in [-0.2, 0) is 24.1 Å². The van der Waals surface area contributed by atoms with Crippen molar-refractivity contribution in [3.8, 4) is 0 Å². The molecule has 1 rings (SSSR count). The summed E-state index contributed by atoms with van der Waals surface area (Å²) < 4.78 is 5.22. The third-order valence-electron chi connectivity index (χ3n) is 2.76. The minimum atomic E-state index is -0.454. The smallest absolute Gasteiger partial charge is 0.407 e. The summed E-state index contributed by atoms with van der Waals surface area (Å²) in [7, 11) is 0. The topological polar surface area (TPSA) is 38.3 Å². The van der Waals surface area contributed by atoms with Crippen molar-refractivity contribution in [2.75, 3.05) is 0 Å². The molecule has 1 aromatic carbocycles. The number of hydrogen-bond acceptors (Lipinski definition) is 2. The van der Waals surface area contributed by atoms with Gasteiger partial charge in [-0.15, -0.1) is 0 Å². The first-order chi connectivity index (χ1) is 8.84. The van der Waals surface area contributed by atoms with Crippen molar-refractivity contribution in [3.05, 3.63) is 34.9 Å². The molecule has 0 radical (unpaired) electrons. The van der Waals surface area contributed by atoms with Gasteiger partial charge < -0.3 is 10.1 Å². The van der Waals surface area contributed by atoms with Gasteiger partial charge in [-0.2, -0.15) is 0 Å². The predicted octanol–water partition coefficient (Wildman–Crippen LogP) is 3.84. The van der Waals surface area contributed by atoms with Crippen molar-refractivity contribution < 1.29 is 9.53 Å². The molecule has 0 bridgehead atoms. The van der Waals surface area contributed by atoms with Crippen LogP contribution in [0, 0.1) is 0 Å². The van der Waals surface area contributed by atoms with Gasteiger partial charge >= 0.3 is 6.09 Å². The second-order valence-electron chi connectivity index (χ2n) is 5.72. The maximum absolute atomic E-state index is 11.6. The molecule has 106 valence electrons. The summed E-state index contributed by atoms with van der Waals surface area (Å²) in [6.45, 7) is 10.4. The third kappa shape index (κ3) is 5.77. The van der Waals surface area contributed by atoms with E-state index in [9.17, 15) is 4.79 Å². The molecule has 0 saturated carbocycles. The average Bonchev–Trinajstić information content (AvgIpc) is 2.33. The van der Waals surface area contributed by atoms with E-state index in [1.807, 2.05) is 20.8 Å². The molecule has 0 saturated heterocycles. The van der Waals surface area contributed by atoms with Gasteiger partial charge in [0.2, 0.25) is 0 Å². The van der Waals surface area contributed by atoms with E-state index in [0.717, 1.165) is 18.4 Å². The molecular weight excluding hydrogens is 238 g/mol. The maximum atomic E-state index is 11.6. The van der Waals surface area contributed by atoms with Gasteiger partial charge in [0.05, 0.1) is 0 Å². The normalized spacial score (nSPS) is 11.2. The van der Waals surface area contributed by atoms with Crippen LogP contribution in [0.25, 0.3) is 0 Å². The molecule has 1 aromatic rings. The van der Waals surface area contributed by atoms with E-state index in [1.54, 1.807) is 0 Å². The lowest BCUT2D eigenvalue weighted by Gasteiger charge is -2.19. The Hall–Kier alpha value is -1.51. The summed E-state index contributed by atoms with van der Waals surface area (Å²) in [4.78, 5) is 11.6. The van der Waals surface area contributed by atoms with Crippen LogP contribution in [0.3, 0.4) is 0 Å². The molecule has 0 aliphatic carbocycles. The molecular formula is C16H25NO2. The minimum absolute atomic E-state index is 0.368. The molecule has 0 atom stereocenters. The van der Waals surface area contributed by atoms with Gasteiger partial charge in [-0.3, -0.25) is 0 Å². The molecule has 0 aliphatic rings. The summed E-state index contributed by atoms with van der Waals surface area (Å²) >= 11 is 0. The van der Waals surface area contributed by atoms with Gasteiger partial charge in [0.25, 0.3) is 0 Å². The Kier molecular flexibility index (Phi) is 5.40. The van der Waals surface area contributed by atoms with E-state index in [0.29, 0.717) is 6.54 Å². The number of rotatable bonds is 4. The van der Waals surface area contributed by atoms with Crippen LogP contribution in [0.15, 0.2) is 18.2 Å². The Bertz CT molecular complexity index is 411. The Morgan fingerprint density at radius 3 is 1.95 bits per heavy atom. The highest BCUT2D eigenvalue weighted by atomic mass is 16.6. The fraction of sp³-hybridized carbons (Fsp3) is 0.562. The number of alkyl carbamates (subject to hydrolysis) is 1. The summed E-state index contributed by atoms with van der Waals surface area (Å²) in [5.41, 5.74) is 3.28. The zero-order valence-corrected chi connectivity index (χ0v) is 12.7. The van der Waals surface area contributed by atoms with Crippen molar-refractivity contribution in [1.82, 2.24) is 5.32 Å². The Morgan fingerprint density at radius 2 is 1.53 bits per heavy atom. The van der Waals surface area contributed by atoms with Crippen LogP contribution in [0.2, 0.25) is 0 Å². The number of ether oxygens (including phenoxy) is 1. The van der Waals surface area contributed by atoms with Gasteiger partial charge in [0.1, 0.15) is 5.60 Å². The number of nitrogens with one attached hydrogen (secondary N) is 1. The molecule has 0 unspecified atom stereocenters. The first-order valence-electron chi connectivity index (χ1n) is 6.92. The first kappa shape index (κ1) is 15.5. The highest BCUT2D eigenvalue weighted by Gasteiger charge is 2.15. The highest BCUT2D eigenvalue weighted by Crippen LogP contribution is 2.12. The fourth-order valence-electron chi connectivity index (χ4n) is 1.84. The average molecular weight is 263 g/mol. The molecule has 0 fully saturated rings. The van der Waals surface area contributed by atoms with E-state index < -0.39 is 5.60 Å². The molecule has 1 amide bonds. The summed E-state index contributed by atoms with van der Waals surface area (Å²) in [6.07, 6.45) is 1.65. The standard InChI is InChI=1S/C16H25NO2/c1-6-12-8-13(7-2)10-14(9-12)11-17-15(18)19-16(3,4)5/h8-10H,6-7,11H2,1-5H3,(H,17,18). The number of carbonyl (C=O) groups excluding carboxylic acids is 1. The van der Waals surface area contributed by atoms with E-state index in [2.05, 4.69) is 37.4 Å². The van der Waals surface area contributed by atoms with E-state index in [4.69, 9.17) is 4.74 Å². The van der Waals surface area contributed by atoms with Crippen LogP contribution in [0.5, 0.6) is 0 Å². The largest absolute Gasteiger partial charge is 0.444 e. The summed E-state index contributed by atoms with van der Waals surface area (Å²) in [5, 5.41) is 2.80. The Labute approximate surface area is 116 Å². The van der Waals surface area contributed by atoms with E-state index >= 15 is 0 Å². The third-order valence-corrected chi connectivity index (χ3v) is 2.76. The van der Waals surface area contributed by atoms with Gasteiger partial charge in [-0.05, 0) is 50.3 Å². The van der Waals surface area contributed by atoms with Crippen molar-refractivity contribution in [2.24, 2.45) is 0 Å². The Balaban J connectivity index is 2.64. The van der Waals surface area contributed by atoms with Gasteiger partial charge in [-0.1, -0.05) is 32.0 Å². The number of aryl methyl sites for hydroxylation is 2. The van der Waals surface area contributed by atoms with Crippen LogP contribution in [0.4, 0.5) is 4.79 Å². The fourth-order valence-corrected chi connectivity index (χ4v) is 1.84. The van der Waals surface area contributed by atoms with E-state index in [-0.39, 0.29) is 6.09 Å². The molecule has 0 spiro atoms. The lowest BCUT2D eigenvalue weighted by Crippen LogP contribution is -2.32. The predicted molar refractivity (Wildman–Crippen MR) is 78.3 cm³/mol. The van der Waals surface area contributed by atoms with Crippen LogP contribution < -0.4 is 5.32 Å². The molecule has 3 heteroatoms. The molecule has 0 heterocycles. The number of amides is 1. The monoisotopic (exact) mass is 263 g/mol. The highest BCUT2D eigenvalue weighted by molar-refractivity contribution is 5.67. The molecule has 3 nitrogen and oxygen atoms in total. The van der Waals surface area contributed by atoms with E-state index in [1.165, 1.54) is 11.1 Å². The molecule has 0 aromatic heterocycles.